The van der Waals surface area contributed by atoms with E-state index in [1.54, 1.807) is 28.7 Å². The van der Waals surface area contributed by atoms with Gasteiger partial charge in [0.1, 0.15) is 10.8 Å². The molecular formula is C10H11ClN4S. The Kier molecular flexibility index (Phi) is 3.69. The summed E-state index contributed by atoms with van der Waals surface area (Å²) >= 11 is 7.59. The van der Waals surface area contributed by atoms with Crippen LogP contribution in [-0.2, 0) is 6.54 Å². The van der Waals surface area contributed by atoms with Crippen molar-refractivity contribution in [2.45, 2.75) is 11.6 Å². The number of hydrogen-bond acceptors (Lipinski definition) is 4. The third kappa shape index (κ3) is 2.90. The van der Waals surface area contributed by atoms with Crippen LogP contribution < -0.4 is 5.73 Å². The maximum Gasteiger partial charge on any atom is 0.145 e. The normalized spacial score (nSPS) is 10.6. The van der Waals surface area contributed by atoms with Crippen molar-refractivity contribution in [3.8, 4) is 0 Å². The molecule has 0 saturated carbocycles. The maximum atomic E-state index is 5.98. The monoisotopic (exact) mass is 254 g/mol. The van der Waals surface area contributed by atoms with Crippen LogP contribution in [0.5, 0.6) is 0 Å². The van der Waals surface area contributed by atoms with Gasteiger partial charge in [-0.3, -0.25) is 4.68 Å². The molecule has 0 aliphatic heterocycles. The Morgan fingerprint density at radius 3 is 3.00 bits per heavy atom. The van der Waals surface area contributed by atoms with E-state index in [0.29, 0.717) is 10.8 Å². The van der Waals surface area contributed by atoms with Crippen molar-refractivity contribution >= 4 is 29.2 Å². The van der Waals surface area contributed by atoms with Gasteiger partial charge in [-0.15, -0.1) is 11.8 Å². The van der Waals surface area contributed by atoms with Gasteiger partial charge in [0, 0.05) is 18.1 Å². The molecule has 84 valence electrons. The van der Waals surface area contributed by atoms with Crippen LogP contribution in [0.4, 0.5) is 5.82 Å². The Hall–Kier alpha value is -1.20. The van der Waals surface area contributed by atoms with Crippen LogP contribution >= 0.6 is 23.4 Å². The molecule has 0 aromatic carbocycles. The van der Waals surface area contributed by atoms with Gasteiger partial charge < -0.3 is 5.73 Å². The summed E-state index contributed by atoms with van der Waals surface area (Å²) in [6.45, 7) is 0.786. The SMILES string of the molecule is Nc1ccn(CCSc2ncccc2Cl)n1. The summed E-state index contributed by atoms with van der Waals surface area (Å²) in [6, 6.07) is 5.43. The van der Waals surface area contributed by atoms with Crippen LogP contribution in [-0.4, -0.2) is 20.5 Å². The highest BCUT2D eigenvalue weighted by molar-refractivity contribution is 7.99. The lowest BCUT2D eigenvalue weighted by atomic mass is 10.5. The molecule has 2 aromatic heterocycles. The van der Waals surface area contributed by atoms with Crippen molar-refractivity contribution in [2.24, 2.45) is 0 Å². The van der Waals surface area contributed by atoms with E-state index in [2.05, 4.69) is 10.1 Å². The fourth-order valence-corrected chi connectivity index (χ4v) is 2.31. The number of pyridine rings is 1. The molecule has 0 fully saturated rings. The summed E-state index contributed by atoms with van der Waals surface area (Å²) < 4.78 is 1.80. The number of halogens is 1. The Morgan fingerprint density at radius 1 is 1.44 bits per heavy atom. The Morgan fingerprint density at radius 2 is 2.31 bits per heavy atom. The van der Waals surface area contributed by atoms with Gasteiger partial charge in [0.25, 0.3) is 0 Å². The standard InChI is InChI=1S/C10H11ClN4S/c11-8-2-1-4-13-10(8)16-7-6-15-5-3-9(12)14-15/h1-5H,6-7H2,(H2,12,14). The maximum absolute atomic E-state index is 5.98. The van der Waals surface area contributed by atoms with Gasteiger partial charge in [-0.1, -0.05) is 11.6 Å². The first-order valence-electron chi connectivity index (χ1n) is 4.78. The number of hydrogen-bond donors (Lipinski definition) is 1. The van der Waals surface area contributed by atoms with Crippen LogP contribution in [0, 0.1) is 0 Å². The molecule has 0 unspecified atom stereocenters. The second-order valence-corrected chi connectivity index (χ2v) is 4.63. The van der Waals surface area contributed by atoms with Crippen molar-refractivity contribution in [2.75, 3.05) is 11.5 Å². The molecule has 0 saturated heterocycles. The first-order valence-corrected chi connectivity index (χ1v) is 6.14. The minimum absolute atomic E-state index is 0.542. The fraction of sp³-hybridized carbons (Fsp3) is 0.200. The molecule has 2 aromatic rings. The van der Waals surface area contributed by atoms with Crippen LogP contribution in [0.1, 0.15) is 0 Å². The van der Waals surface area contributed by atoms with Gasteiger partial charge in [-0.2, -0.15) is 5.10 Å². The highest BCUT2D eigenvalue weighted by atomic mass is 35.5. The van der Waals surface area contributed by atoms with E-state index in [-0.39, 0.29) is 0 Å². The number of aryl methyl sites for hydroxylation is 1. The summed E-state index contributed by atoms with van der Waals surface area (Å²) in [6.07, 6.45) is 3.59. The predicted molar refractivity (Wildman–Crippen MR) is 66.6 cm³/mol. The van der Waals surface area contributed by atoms with Crippen LogP contribution in [0.3, 0.4) is 0 Å². The van der Waals surface area contributed by atoms with Crippen molar-refractivity contribution in [1.29, 1.82) is 0 Å². The zero-order chi connectivity index (χ0) is 11.4. The summed E-state index contributed by atoms with van der Waals surface area (Å²) in [5.74, 6) is 1.40. The van der Waals surface area contributed by atoms with E-state index in [4.69, 9.17) is 17.3 Å². The minimum Gasteiger partial charge on any atom is -0.382 e. The van der Waals surface area contributed by atoms with Crippen molar-refractivity contribution in [3.63, 3.8) is 0 Å². The quantitative estimate of drug-likeness (QED) is 0.851. The Balaban J connectivity index is 1.87. The predicted octanol–water partition coefficient (Wildman–Crippen LogP) is 2.31. The van der Waals surface area contributed by atoms with Gasteiger partial charge in [0.15, 0.2) is 0 Å². The molecule has 16 heavy (non-hydrogen) atoms. The molecule has 2 N–H and O–H groups in total. The van der Waals surface area contributed by atoms with Crippen LogP contribution in [0.15, 0.2) is 35.6 Å². The molecule has 0 bridgehead atoms. The fourth-order valence-electron chi connectivity index (χ4n) is 1.22. The van der Waals surface area contributed by atoms with Crippen LogP contribution in [0.2, 0.25) is 5.02 Å². The first kappa shape index (κ1) is 11.3. The van der Waals surface area contributed by atoms with Gasteiger partial charge in [0.05, 0.1) is 11.6 Å². The average Bonchev–Trinajstić information content (AvgIpc) is 2.67. The van der Waals surface area contributed by atoms with E-state index in [9.17, 15) is 0 Å². The van der Waals surface area contributed by atoms with Gasteiger partial charge in [-0.25, -0.2) is 4.98 Å². The van der Waals surface area contributed by atoms with Crippen molar-refractivity contribution < 1.29 is 0 Å². The van der Waals surface area contributed by atoms with Gasteiger partial charge in [0.2, 0.25) is 0 Å². The molecule has 0 amide bonds. The summed E-state index contributed by atoms with van der Waals surface area (Å²) in [5, 5.41) is 5.63. The first-order chi connectivity index (χ1) is 7.75. The van der Waals surface area contributed by atoms with E-state index in [1.807, 2.05) is 18.3 Å². The highest BCUT2D eigenvalue weighted by Gasteiger charge is 2.01. The number of anilines is 1. The van der Waals surface area contributed by atoms with Crippen molar-refractivity contribution in [3.05, 3.63) is 35.6 Å². The summed E-state index contributed by atoms with van der Waals surface area (Å²) in [5.41, 5.74) is 5.51. The number of thioether (sulfide) groups is 1. The molecule has 0 aliphatic rings. The Bertz CT molecular complexity index is 471. The third-order valence-corrected chi connectivity index (χ3v) is 3.35. The smallest absolute Gasteiger partial charge is 0.145 e. The van der Waals surface area contributed by atoms with Crippen LogP contribution in [0.25, 0.3) is 0 Å². The molecule has 0 spiro atoms. The lowest BCUT2D eigenvalue weighted by Crippen LogP contribution is -2.02. The summed E-state index contributed by atoms with van der Waals surface area (Å²) in [4.78, 5) is 4.19. The second kappa shape index (κ2) is 5.23. The molecule has 2 rings (SSSR count). The molecular weight excluding hydrogens is 244 g/mol. The second-order valence-electron chi connectivity index (χ2n) is 3.14. The Labute approximate surface area is 103 Å². The number of nitrogens with two attached hydrogens (primary N) is 1. The van der Waals surface area contributed by atoms with E-state index < -0.39 is 0 Å². The third-order valence-electron chi connectivity index (χ3n) is 1.95. The van der Waals surface area contributed by atoms with Crippen molar-refractivity contribution in [1.82, 2.24) is 14.8 Å². The molecule has 0 aliphatic carbocycles. The topological polar surface area (TPSA) is 56.7 Å². The summed E-state index contributed by atoms with van der Waals surface area (Å²) in [7, 11) is 0. The number of nitrogens with zero attached hydrogens (tertiary/aromatic N) is 3. The zero-order valence-electron chi connectivity index (χ0n) is 8.51. The molecule has 0 radical (unpaired) electrons. The number of aromatic nitrogens is 3. The number of rotatable bonds is 4. The molecule has 6 heteroatoms. The molecule has 2 heterocycles. The lowest BCUT2D eigenvalue weighted by molar-refractivity contribution is 0.669. The van der Waals surface area contributed by atoms with Gasteiger partial charge >= 0.3 is 0 Å². The average molecular weight is 255 g/mol. The largest absolute Gasteiger partial charge is 0.382 e. The zero-order valence-corrected chi connectivity index (χ0v) is 10.1. The van der Waals surface area contributed by atoms with Gasteiger partial charge in [-0.05, 0) is 18.2 Å². The van der Waals surface area contributed by atoms with E-state index in [0.717, 1.165) is 17.3 Å². The lowest BCUT2D eigenvalue weighted by Gasteiger charge is -2.02. The molecule has 4 nitrogen and oxygen atoms in total. The van der Waals surface area contributed by atoms with E-state index in [1.165, 1.54) is 0 Å². The highest BCUT2D eigenvalue weighted by Crippen LogP contribution is 2.23. The van der Waals surface area contributed by atoms with E-state index >= 15 is 0 Å². The minimum atomic E-state index is 0.542. The molecule has 0 atom stereocenters. The number of nitrogen functional groups attached to an aromatic ring is 1.